The summed E-state index contributed by atoms with van der Waals surface area (Å²) in [7, 11) is 3.74. The van der Waals surface area contributed by atoms with Gasteiger partial charge in [0.2, 0.25) is 5.95 Å². The maximum absolute atomic E-state index is 12.9. The minimum absolute atomic E-state index is 0.220. The normalized spacial score (nSPS) is 10.3. The van der Waals surface area contributed by atoms with Gasteiger partial charge in [0.1, 0.15) is 11.6 Å². The van der Waals surface area contributed by atoms with Crippen LogP contribution >= 0.6 is 0 Å². The third-order valence-corrected chi connectivity index (χ3v) is 2.86. The summed E-state index contributed by atoms with van der Waals surface area (Å²) >= 11 is 0. The Labute approximate surface area is 112 Å². The van der Waals surface area contributed by atoms with Crippen molar-refractivity contribution in [2.24, 2.45) is 0 Å². The molecule has 0 spiro atoms. The van der Waals surface area contributed by atoms with E-state index in [1.807, 2.05) is 18.9 Å². The van der Waals surface area contributed by atoms with Gasteiger partial charge in [-0.1, -0.05) is 12.1 Å². The van der Waals surface area contributed by atoms with Crippen molar-refractivity contribution in [3.05, 3.63) is 47.4 Å². The van der Waals surface area contributed by atoms with E-state index < -0.39 is 0 Å². The van der Waals surface area contributed by atoms with Crippen LogP contribution in [0.25, 0.3) is 0 Å². The lowest BCUT2D eigenvalue weighted by atomic mass is 10.2. The summed E-state index contributed by atoms with van der Waals surface area (Å²) in [6.07, 6.45) is 1.79. The van der Waals surface area contributed by atoms with Gasteiger partial charge in [-0.15, -0.1) is 0 Å². The van der Waals surface area contributed by atoms with Crippen LogP contribution in [0.5, 0.6) is 0 Å². The Morgan fingerprint density at radius 3 is 2.58 bits per heavy atom. The summed E-state index contributed by atoms with van der Waals surface area (Å²) in [5.74, 6) is 1.23. The minimum atomic E-state index is -0.220. The van der Waals surface area contributed by atoms with Crippen LogP contribution in [0.3, 0.4) is 0 Å². The fourth-order valence-electron chi connectivity index (χ4n) is 1.88. The molecule has 0 bridgehead atoms. The summed E-state index contributed by atoms with van der Waals surface area (Å²) in [6.45, 7) is 2.64. The van der Waals surface area contributed by atoms with E-state index in [9.17, 15) is 4.39 Å². The van der Waals surface area contributed by atoms with E-state index in [1.54, 1.807) is 25.4 Å². The molecule has 1 aromatic heterocycles. The summed E-state index contributed by atoms with van der Waals surface area (Å²) in [5, 5.41) is 2.92. The van der Waals surface area contributed by atoms with Gasteiger partial charge in [-0.05, 0) is 24.6 Å². The number of anilines is 2. The van der Waals surface area contributed by atoms with Gasteiger partial charge in [0.05, 0.1) is 0 Å². The predicted octanol–water partition coefficient (Wildman–Crippen LogP) is 2.60. The Morgan fingerprint density at radius 1 is 1.26 bits per heavy atom. The average molecular weight is 260 g/mol. The Morgan fingerprint density at radius 2 is 1.95 bits per heavy atom. The molecule has 19 heavy (non-hydrogen) atoms. The molecule has 0 aliphatic rings. The highest BCUT2D eigenvalue weighted by atomic mass is 19.1. The standard InChI is InChI=1S/C14H17FN4/c1-10-8-17-14(16-2)18-13(10)19(3)9-11-4-6-12(15)7-5-11/h4-8H,9H2,1-3H3,(H,16,17,18). The Hall–Kier alpha value is -2.17. The quantitative estimate of drug-likeness (QED) is 0.917. The number of halogens is 1. The molecule has 1 heterocycles. The average Bonchev–Trinajstić information content (AvgIpc) is 2.42. The van der Waals surface area contributed by atoms with Crippen molar-refractivity contribution in [3.8, 4) is 0 Å². The lowest BCUT2D eigenvalue weighted by molar-refractivity contribution is 0.627. The number of aryl methyl sites for hydroxylation is 1. The molecular weight excluding hydrogens is 243 g/mol. The Balaban J connectivity index is 2.19. The molecule has 0 saturated heterocycles. The van der Waals surface area contributed by atoms with E-state index in [1.165, 1.54) is 12.1 Å². The van der Waals surface area contributed by atoms with Crippen molar-refractivity contribution in [1.82, 2.24) is 9.97 Å². The van der Waals surface area contributed by atoms with Gasteiger partial charge in [0.15, 0.2) is 0 Å². The number of hydrogen-bond donors (Lipinski definition) is 1. The van der Waals surface area contributed by atoms with Gasteiger partial charge in [-0.25, -0.2) is 9.37 Å². The van der Waals surface area contributed by atoms with Gasteiger partial charge < -0.3 is 10.2 Å². The molecule has 0 unspecified atom stereocenters. The van der Waals surface area contributed by atoms with Crippen LogP contribution in [0.4, 0.5) is 16.2 Å². The lowest BCUT2D eigenvalue weighted by Gasteiger charge is -2.20. The molecule has 2 rings (SSSR count). The third kappa shape index (κ3) is 3.19. The molecule has 100 valence electrons. The van der Waals surface area contributed by atoms with Crippen molar-refractivity contribution in [3.63, 3.8) is 0 Å². The van der Waals surface area contributed by atoms with E-state index in [0.717, 1.165) is 16.9 Å². The Kier molecular flexibility index (Phi) is 3.94. The van der Waals surface area contributed by atoms with Gasteiger partial charge in [0, 0.05) is 32.4 Å². The molecule has 4 nitrogen and oxygen atoms in total. The summed E-state index contributed by atoms with van der Waals surface area (Å²) in [4.78, 5) is 10.6. The Bertz CT molecular complexity index is 554. The van der Waals surface area contributed by atoms with Crippen LogP contribution in [-0.4, -0.2) is 24.1 Å². The molecule has 0 aliphatic heterocycles. The predicted molar refractivity (Wildman–Crippen MR) is 74.8 cm³/mol. The van der Waals surface area contributed by atoms with Crippen molar-refractivity contribution in [1.29, 1.82) is 0 Å². The number of rotatable bonds is 4. The molecule has 0 fully saturated rings. The zero-order valence-electron chi connectivity index (χ0n) is 11.3. The fourth-order valence-corrected chi connectivity index (χ4v) is 1.88. The zero-order valence-corrected chi connectivity index (χ0v) is 11.3. The molecule has 0 saturated carbocycles. The van der Waals surface area contributed by atoms with E-state index in [-0.39, 0.29) is 5.82 Å². The number of aromatic nitrogens is 2. The van der Waals surface area contributed by atoms with Crippen LogP contribution in [0, 0.1) is 12.7 Å². The minimum Gasteiger partial charge on any atom is -0.357 e. The van der Waals surface area contributed by atoms with E-state index >= 15 is 0 Å². The largest absolute Gasteiger partial charge is 0.357 e. The fraction of sp³-hybridized carbons (Fsp3) is 0.286. The van der Waals surface area contributed by atoms with Crippen molar-refractivity contribution >= 4 is 11.8 Å². The molecule has 0 radical (unpaired) electrons. The molecule has 0 amide bonds. The number of nitrogens with one attached hydrogen (secondary N) is 1. The maximum atomic E-state index is 12.9. The molecule has 0 aliphatic carbocycles. The second-order valence-electron chi connectivity index (χ2n) is 4.43. The molecular formula is C14H17FN4. The number of hydrogen-bond acceptors (Lipinski definition) is 4. The molecule has 2 aromatic rings. The number of nitrogens with zero attached hydrogens (tertiary/aromatic N) is 3. The van der Waals surface area contributed by atoms with Crippen LogP contribution in [-0.2, 0) is 6.54 Å². The lowest BCUT2D eigenvalue weighted by Crippen LogP contribution is -2.19. The van der Waals surface area contributed by atoms with Gasteiger partial charge in [-0.2, -0.15) is 4.98 Å². The molecule has 0 atom stereocenters. The molecule has 5 heteroatoms. The van der Waals surface area contributed by atoms with Gasteiger partial charge >= 0.3 is 0 Å². The summed E-state index contributed by atoms with van der Waals surface area (Å²) in [5.41, 5.74) is 2.04. The smallest absolute Gasteiger partial charge is 0.224 e. The highest BCUT2D eigenvalue weighted by molar-refractivity contribution is 5.48. The van der Waals surface area contributed by atoms with Crippen LogP contribution in [0.1, 0.15) is 11.1 Å². The van der Waals surface area contributed by atoms with E-state index in [4.69, 9.17) is 0 Å². The molecule has 1 N–H and O–H groups in total. The summed E-state index contributed by atoms with van der Waals surface area (Å²) in [6, 6.07) is 6.49. The highest BCUT2D eigenvalue weighted by Gasteiger charge is 2.09. The van der Waals surface area contributed by atoms with E-state index in [2.05, 4.69) is 15.3 Å². The number of benzene rings is 1. The molecule has 1 aromatic carbocycles. The summed E-state index contributed by atoms with van der Waals surface area (Å²) < 4.78 is 12.9. The van der Waals surface area contributed by atoms with Crippen LogP contribution in [0.2, 0.25) is 0 Å². The first-order chi connectivity index (χ1) is 9.10. The van der Waals surface area contributed by atoms with Crippen molar-refractivity contribution in [2.75, 3.05) is 24.3 Å². The van der Waals surface area contributed by atoms with Crippen molar-refractivity contribution < 1.29 is 4.39 Å². The van der Waals surface area contributed by atoms with Gasteiger partial charge in [-0.3, -0.25) is 0 Å². The second kappa shape index (κ2) is 5.65. The SMILES string of the molecule is CNc1ncc(C)c(N(C)Cc2ccc(F)cc2)n1. The van der Waals surface area contributed by atoms with Gasteiger partial charge in [0.25, 0.3) is 0 Å². The maximum Gasteiger partial charge on any atom is 0.224 e. The van der Waals surface area contributed by atoms with E-state index in [0.29, 0.717) is 12.5 Å². The second-order valence-corrected chi connectivity index (χ2v) is 4.43. The first-order valence-corrected chi connectivity index (χ1v) is 6.07. The topological polar surface area (TPSA) is 41.1 Å². The monoisotopic (exact) mass is 260 g/mol. The van der Waals surface area contributed by atoms with Crippen LogP contribution in [0.15, 0.2) is 30.5 Å². The zero-order chi connectivity index (χ0) is 13.8. The first-order valence-electron chi connectivity index (χ1n) is 6.07. The first kappa shape index (κ1) is 13.3. The van der Waals surface area contributed by atoms with Crippen LogP contribution < -0.4 is 10.2 Å². The highest BCUT2D eigenvalue weighted by Crippen LogP contribution is 2.18. The third-order valence-electron chi connectivity index (χ3n) is 2.86. The van der Waals surface area contributed by atoms with Crippen molar-refractivity contribution in [2.45, 2.75) is 13.5 Å².